The topological polar surface area (TPSA) is 72.9 Å². The van der Waals surface area contributed by atoms with Gasteiger partial charge in [-0.3, -0.25) is 4.79 Å². The van der Waals surface area contributed by atoms with Crippen molar-refractivity contribution < 1.29 is 22.7 Å². The second-order valence-corrected chi connectivity index (χ2v) is 7.65. The van der Waals surface area contributed by atoms with E-state index >= 15 is 0 Å². The van der Waals surface area contributed by atoms with Gasteiger partial charge in [-0.25, -0.2) is 8.42 Å². The molecule has 1 atom stereocenters. The summed E-state index contributed by atoms with van der Waals surface area (Å²) in [6.07, 6.45) is 4.31. The van der Waals surface area contributed by atoms with Crippen LogP contribution in [0.1, 0.15) is 38.5 Å². The number of nitrogens with zero attached hydrogens (tertiary/aromatic N) is 1. The average Bonchev–Trinajstić information content (AvgIpc) is 2.48. The maximum atomic E-state index is 12.6. The van der Waals surface area contributed by atoms with Gasteiger partial charge in [0.15, 0.2) is 0 Å². The van der Waals surface area contributed by atoms with Crippen LogP contribution >= 0.6 is 0 Å². The van der Waals surface area contributed by atoms with Crippen LogP contribution in [0.3, 0.4) is 0 Å². The van der Waals surface area contributed by atoms with Gasteiger partial charge in [-0.2, -0.15) is 4.31 Å². The van der Waals surface area contributed by atoms with Gasteiger partial charge in [0.1, 0.15) is 0 Å². The fraction of sp³-hybridized carbons (Fsp3) is 0.923. The number of esters is 1. The molecule has 6 nitrogen and oxygen atoms in total. The van der Waals surface area contributed by atoms with Crippen molar-refractivity contribution in [3.63, 3.8) is 0 Å². The Morgan fingerprint density at radius 3 is 2.65 bits per heavy atom. The van der Waals surface area contributed by atoms with Crippen LogP contribution in [0.2, 0.25) is 0 Å². The van der Waals surface area contributed by atoms with E-state index < -0.39 is 16.1 Å². The Morgan fingerprint density at radius 1 is 1.30 bits per heavy atom. The highest BCUT2D eigenvalue weighted by Gasteiger charge is 2.36. The molecule has 1 saturated heterocycles. The van der Waals surface area contributed by atoms with E-state index in [9.17, 15) is 13.2 Å². The molecule has 0 aromatic heterocycles. The number of sulfonamides is 1. The molecule has 1 unspecified atom stereocenters. The number of morpholine rings is 1. The molecule has 2 rings (SSSR count). The predicted octanol–water partition coefficient (Wildman–Crippen LogP) is 0.913. The first-order chi connectivity index (χ1) is 9.54. The highest BCUT2D eigenvalue weighted by molar-refractivity contribution is 7.89. The zero-order valence-corrected chi connectivity index (χ0v) is 12.7. The third-order valence-electron chi connectivity index (χ3n) is 4.06. The molecule has 1 heterocycles. The van der Waals surface area contributed by atoms with Crippen LogP contribution in [0.15, 0.2) is 0 Å². The van der Waals surface area contributed by atoms with Gasteiger partial charge in [-0.05, 0) is 12.8 Å². The lowest BCUT2D eigenvalue weighted by Crippen LogP contribution is -2.49. The first-order valence-corrected chi connectivity index (χ1v) is 8.71. The molecule has 1 aliphatic heterocycles. The summed E-state index contributed by atoms with van der Waals surface area (Å²) >= 11 is 0. The van der Waals surface area contributed by atoms with E-state index in [1.807, 2.05) is 0 Å². The van der Waals surface area contributed by atoms with Crippen molar-refractivity contribution in [1.29, 1.82) is 0 Å². The Balaban J connectivity index is 1.98. The lowest BCUT2D eigenvalue weighted by Gasteiger charge is -2.35. The fourth-order valence-corrected chi connectivity index (χ4v) is 4.94. The highest BCUT2D eigenvalue weighted by atomic mass is 32.2. The van der Waals surface area contributed by atoms with E-state index in [1.165, 1.54) is 11.4 Å². The van der Waals surface area contributed by atoms with Gasteiger partial charge >= 0.3 is 5.97 Å². The molecule has 0 radical (unpaired) electrons. The summed E-state index contributed by atoms with van der Waals surface area (Å²) in [6, 6.07) is 0. The Labute approximate surface area is 120 Å². The smallest absolute Gasteiger partial charge is 0.308 e. The predicted molar refractivity (Wildman–Crippen MR) is 73.7 cm³/mol. The normalized spacial score (nSPS) is 26.4. The average molecular weight is 305 g/mol. The molecule has 20 heavy (non-hydrogen) atoms. The fourth-order valence-electron chi connectivity index (χ4n) is 2.89. The molecule has 0 aromatic rings. The van der Waals surface area contributed by atoms with E-state index in [4.69, 9.17) is 4.74 Å². The van der Waals surface area contributed by atoms with Crippen LogP contribution < -0.4 is 0 Å². The number of carbonyl (C=O) groups excluding carboxylic acids is 1. The molecule has 0 spiro atoms. The van der Waals surface area contributed by atoms with Crippen LogP contribution in [0.4, 0.5) is 0 Å². The minimum atomic E-state index is -3.26. The molecule has 0 aromatic carbocycles. The summed E-state index contributed by atoms with van der Waals surface area (Å²) in [7, 11) is -1.94. The standard InChI is InChI=1S/C13H23NO5S/c1-18-13(15)9-11-10-14(7-8-19-11)20(16,17)12-5-3-2-4-6-12/h11-12H,2-10H2,1H3. The molecule has 116 valence electrons. The first kappa shape index (κ1) is 15.7. The molecule has 2 fully saturated rings. The number of carbonyl (C=O) groups is 1. The van der Waals surface area contributed by atoms with E-state index in [-0.39, 0.29) is 24.2 Å². The Kier molecular flexibility index (Phi) is 5.40. The minimum Gasteiger partial charge on any atom is -0.469 e. The molecular weight excluding hydrogens is 282 g/mol. The van der Waals surface area contributed by atoms with E-state index in [2.05, 4.69) is 4.74 Å². The van der Waals surface area contributed by atoms with Crippen molar-refractivity contribution in [2.24, 2.45) is 0 Å². The van der Waals surface area contributed by atoms with Crippen molar-refractivity contribution >= 4 is 16.0 Å². The van der Waals surface area contributed by atoms with Crippen molar-refractivity contribution in [2.45, 2.75) is 49.9 Å². The molecule has 0 N–H and O–H groups in total. The third kappa shape index (κ3) is 3.71. The monoisotopic (exact) mass is 305 g/mol. The van der Waals surface area contributed by atoms with Crippen molar-refractivity contribution in [3.05, 3.63) is 0 Å². The summed E-state index contributed by atoms with van der Waals surface area (Å²) in [5.74, 6) is -0.369. The third-order valence-corrected chi connectivity index (χ3v) is 6.42. The number of hydrogen-bond acceptors (Lipinski definition) is 5. The first-order valence-electron chi connectivity index (χ1n) is 7.21. The van der Waals surface area contributed by atoms with Crippen LogP contribution in [0.5, 0.6) is 0 Å². The lowest BCUT2D eigenvalue weighted by molar-refractivity contribution is -0.145. The quantitative estimate of drug-likeness (QED) is 0.722. The number of methoxy groups -OCH3 is 1. The van der Waals surface area contributed by atoms with E-state index in [0.717, 1.165) is 32.1 Å². The van der Waals surface area contributed by atoms with E-state index in [1.54, 1.807) is 0 Å². The molecule has 0 amide bonds. The zero-order valence-electron chi connectivity index (χ0n) is 11.9. The molecular formula is C13H23NO5S. The molecule has 1 saturated carbocycles. The maximum Gasteiger partial charge on any atom is 0.308 e. The van der Waals surface area contributed by atoms with Gasteiger partial charge in [0.25, 0.3) is 0 Å². The van der Waals surface area contributed by atoms with Crippen molar-refractivity contribution in [3.8, 4) is 0 Å². The van der Waals surface area contributed by atoms with Gasteiger partial charge in [0.2, 0.25) is 10.0 Å². The highest BCUT2D eigenvalue weighted by Crippen LogP contribution is 2.27. The Bertz CT molecular complexity index is 430. The van der Waals surface area contributed by atoms with Gasteiger partial charge in [-0.1, -0.05) is 19.3 Å². The maximum absolute atomic E-state index is 12.6. The van der Waals surface area contributed by atoms with Crippen molar-refractivity contribution in [2.75, 3.05) is 26.8 Å². The van der Waals surface area contributed by atoms with Crippen LogP contribution in [0, 0.1) is 0 Å². The number of hydrogen-bond donors (Lipinski definition) is 0. The number of ether oxygens (including phenoxy) is 2. The van der Waals surface area contributed by atoms with Gasteiger partial charge in [0.05, 0.1) is 31.5 Å². The minimum absolute atomic E-state index is 0.104. The zero-order chi connectivity index (χ0) is 14.6. The van der Waals surface area contributed by atoms with Crippen LogP contribution in [-0.2, 0) is 24.3 Å². The SMILES string of the molecule is COC(=O)CC1CN(S(=O)(=O)C2CCCCC2)CCO1. The summed E-state index contributed by atoms with van der Waals surface area (Å²) in [5.41, 5.74) is 0. The van der Waals surface area contributed by atoms with Gasteiger partial charge in [0, 0.05) is 13.1 Å². The van der Waals surface area contributed by atoms with Gasteiger partial charge in [-0.15, -0.1) is 0 Å². The Morgan fingerprint density at radius 2 is 2.00 bits per heavy atom. The summed E-state index contributed by atoms with van der Waals surface area (Å²) in [5, 5.41) is -0.256. The van der Waals surface area contributed by atoms with Crippen LogP contribution in [0.25, 0.3) is 0 Å². The molecule has 2 aliphatic rings. The summed E-state index contributed by atoms with van der Waals surface area (Å²) in [6.45, 7) is 0.984. The lowest BCUT2D eigenvalue weighted by atomic mass is 10.0. The van der Waals surface area contributed by atoms with E-state index in [0.29, 0.717) is 13.2 Å². The largest absolute Gasteiger partial charge is 0.469 e. The second-order valence-electron chi connectivity index (χ2n) is 5.44. The molecule has 7 heteroatoms. The van der Waals surface area contributed by atoms with Crippen molar-refractivity contribution in [1.82, 2.24) is 4.31 Å². The Hall–Kier alpha value is -0.660. The number of rotatable bonds is 4. The summed E-state index contributed by atoms with van der Waals surface area (Å²) in [4.78, 5) is 11.3. The molecule has 1 aliphatic carbocycles. The molecule has 0 bridgehead atoms. The van der Waals surface area contributed by atoms with Gasteiger partial charge < -0.3 is 9.47 Å². The second kappa shape index (κ2) is 6.87. The summed E-state index contributed by atoms with van der Waals surface area (Å²) < 4.78 is 36.8. The van der Waals surface area contributed by atoms with Crippen LogP contribution in [-0.4, -0.2) is 56.9 Å².